The fraction of sp³-hybridized carbons (Fsp3) is 0.286. The molecule has 0 bridgehead atoms. The standard InChI is InChI=1S/C49H49N2S2/c1-5-7-9-12-16-36-20-24-38(25-21-36)28-30-41-32-33-42(31-29-39-26-22-37(23-27-39)17-13-10-8-6-2)48-47(41)50(3)49(51(48)4)46-35-45-44(53-46)34-43(52-45)40-18-14-11-15-19-40/h11,14-15,18-27,32-35H,5-10,12-13,16-17H2,1-4H3/q+1. The highest BCUT2D eigenvalue weighted by Crippen LogP contribution is 2.41. The number of hydrogen-bond acceptors (Lipinski definition) is 2. The van der Waals surface area contributed by atoms with Gasteiger partial charge in [-0.25, -0.2) is 9.13 Å². The van der Waals surface area contributed by atoms with Crippen molar-refractivity contribution in [2.24, 2.45) is 14.1 Å². The van der Waals surface area contributed by atoms with E-state index in [1.807, 2.05) is 22.7 Å². The molecule has 2 nitrogen and oxygen atoms in total. The number of rotatable bonds is 12. The highest BCUT2D eigenvalue weighted by Gasteiger charge is 2.28. The Morgan fingerprint density at radius 3 is 1.68 bits per heavy atom. The minimum Gasteiger partial charge on any atom is -0.224 e. The molecule has 0 atom stereocenters. The van der Waals surface area contributed by atoms with Crippen molar-refractivity contribution in [3.63, 3.8) is 0 Å². The number of fused-ring (bicyclic) bond motifs is 2. The molecule has 0 saturated heterocycles. The normalized spacial score (nSPS) is 11.1. The number of hydrogen-bond donors (Lipinski definition) is 0. The Kier molecular flexibility index (Phi) is 11.9. The zero-order chi connectivity index (χ0) is 36.6. The van der Waals surface area contributed by atoms with Gasteiger partial charge in [0.05, 0.1) is 25.2 Å². The largest absolute Gasteiger partial charge is 0.299 e. The third-order valence-corrected chi connectivity index (χ3v) is 12.5. The maximum absolute atomic E-state index is 3.57. The van der Waals surface area contributed by atoms with Crippen molar-refractivity contribution < 1.29 is 4.57 Å². The van der Waals surface area contributed by atoms with E-state index in [1.54, 1.807) is 0 Å². The number of benzene rings is 4. The lowest BCUT2D eigenvalue weighted by Gasteiger charge is -2.01. The molecule has 0 amide bonds. The van der Waals surface area contributed by atoms with Gasteiger partial charge in [-0.05, 0) is 90.9 Å². The van der Waals surface area contributed by atoms with E-state index in [4.69, 9.17) is 0 Å². The maximum atomic E-state index is 3.57. The second kappa shape index (κ2) is 17.3. The van der Waals surface area contributed by atoms with Crippen LogP contribution in [0.2, 0.25) is 0 Å². The third kappa shape index (κ3) is 8.52. The van der Waals surface area contributed by atoms with E-state index < -0.39 is 0 Å². The van der Waals surface area contributed by atoms with Crippen LogP contribution in [0, 0.1) is 23.7 Å². The summed E-state index contributed by atoms with van der Waals surface area (Å²) in [5.41, 5.74) is 10.4. The summed E-state index contributed by atoms with van der Waals surface area (Å²) in [5, 5.41) is 0. The molecule has 0 aliphatic rings. The van der Waals surface area contributed by atoms with Gasteiger partial charge in [-0.15, -0.1) is 22.7 Å². The second-order valence-corrected chi connectivity index (χ2v) is 16.3. The van der Waals surface area contributed by atoms with E-state index in [0.29, 0.717) is 0 Å². The van der Waals surface area contributed by atoms with Crippen molar-refractivity contribution in [2.45, 2.75) is 78.1 Å². The summed E-state index contributed by atoms with van der Waals surface area (Å²) >= 11 is 3.72. The van der Waals surface area contributed by atoms with Crippen molar-refractivity contribution in [3.8, 4) is 44.8 Å². The number of nitrogens with zero attached hydrogens (tertiary/aromatic N) is 2. The summed E-state index contributed by atoms with van der Waals surface area (Å²) in [4.78, 5) is 2.55. The van der Waals surface area contributed by atoms with Crippen molar-refractivity contribution >= 4 is 43.1 Å². The second-order valence-electron chi connectivity index (χ2n) is 14.1. The Morgan fingerprint density at radius 1 is 0.566 bits per heavy atom. The molecule has 0 fully saturated rings. The van der Waals surface area contributed by atoms with Crippen LogP contribution in [-0.2, 0) is 26.9 Å². The number of aromatic nitrogens is 2. The minimum absolute atomic E-state index is 1.01. The van der Waals surface area contributed by atoms with Crippen molar-refractivity contribution in [2.75, 3.05) is 0 Å². The summed E-state index contributed by atoms with van der Waals surface area (Å²) in [7, 11) is 4.35. The molecule has 0 aliphatic carbocycles. The number of thiophene rings is 2. The minimum atomic E-state index is 1.01. The molecule has 0 spiro atoms. The van der Waals surface area contributed by atoms with Crippen LogP contribution in [-0.4, -0.2) is 4.57 Å². The van der Waals surface area contributed by atoms with Gasteiger partial charge < -0.3 is 0 Å². The van der Waals surface area contributed by atoms with E-state index in [2.05, 4.69) is 164 Å². The molecule has 4 heteroatoms. The molecule has 266 valence electrons. The first-order chi connectivity index (χ1) is 26.0. The summed E-state index contributed by atoms with van der Waals surface area (Å²) in [5.74, 6) is 15.3. The van der Waals surface area contributed by atoms with Gasteiger partial charge in [0, 0.05) is 25.4 Å². The van der Waals surface area contributed by atoms with Crippen molar-refractivity contribution in [3.05, 3.63) is 137 Å². The zero-order valence-corrected chi connectivity index (χ0v) is 33.2. The number of aryl methyl sites for hydroxylation is 4. The Balaban J connectivity index is 1.24. The monoisotopic (exact) mass is 729 g/mol. The Hall–Kier alpha value is -4.87. The molecular weight excluding hydrogens is 681 g/mol. The molecule has 53 heavy (non-hydrogen) atoms. The molecule has 0 unspecified atom stereocenters. The molecule has 0 N–H and O–H groups in total. The fourth-order valence-corrected chi connectivity index (χ4v) is 9.74. The van der Waals surface area contributed by atoms with Crippen molar-refractivity contribution in [1.82, 2.24) is 4.57 Å². The van der Waals surface area contributed by atoms with Gasteiger partial charge in [-0.1, -0.05) is 131 Å². The molecule has 4 aromatic carbocycles. The first kappa shape index (κ1) is 36.5. The molecule has 0 radical (unpaired) electrons. The summed E-state index contributed by atoms with van der Waals surface area (Å²) in [6.07, 6.45) is 12.5. The molecule has 7 aromatic rings. The van der Waals surface area contributed by atoms with Gasteiger partial charge in [0.2, 0.25) is 0 Å². The third-order valence-electron chi connectivity index (χ3n) is 10.2. The molecule has 0 saturated carbocycles. The highest BCUT2D eigenvalue weighted by atomic mass is 32.1. The van der Waals surface area contributed by atoms with E-state index in [9.17, 15) is 0 Å². The Bertz CT molecular complexity index is 2290. The maximum Gasteiger partial charge on any atom is 0.299 e. The van der Waals surface area contributed by atoms with E-state index in [0.717, 1.165) is 52.0 Å². The van der Waals surface area contributed by atoms with Crippen LogP contribution < -0.4 is 4.57 Å². The van der Waals surface area contributed by atoms with Crippen LogP contribution in [0.5, 0.6) is 0 Å². The van der Waals surface area contributed by atoms with E-state index >= 15 is 0 Å². The van der Waals surface area contributed by atoms with Gasteiger partial charge in [-0.3, -0.25) is 0 Å². The molecular formula is C49H49N2S2+. The van der Waals surface area contributed by atoms with Crippen LogP contribution >= 0.6 is 22.7 Å². The Labute approximate surface area is 324 Å². The van der Waals surface area contributed by atoms with Gasteiger partial charge in [0.15, 0.2) is 11.0 Å². The first-order valence-corrected chi connectivity index (χ1v) is 21.0. The lowest BCUT2D eigenvalue weighted by Crippen LogP contribution is -2.30. The lowest BCUT2D eigenvalue weighted by molar-refractivity contribution is -0.634. The topological polar surface area (TPSA) is 8.81 Å². The zero-order valence-electron chi connectivity index (χ0n) is 31.6. The van der Waals surface area contributed by atoms with Crippen LogP contribution in [0.1, 0.15) is 98.6 Å². The van der Waals surface area contributed by atoms with Crippen LogP contribution in [0.4, 0.5) is 0 Å². The predicted molar refractivity (Wildman–Crippen MR) is 229 cm³/mol. The predicted octanol–water partition coefficient (Wildman–Crippen LogP) is 12.7. The van der Waals surface area contributed by atoms with E-state index in [1.165, 1.54) is 87.2 Å². The molecule has 3 heterocycles. The van der Waals surface area contributed by atoms with E-state index in [-0.39, 0.29) is 0 Å². The van der Waals surface area contributed by atoms with Gasteiger partial charge in [-0.2, -0.15) is 0 Å². The summed E-state index contributed by atoms with van der Waals surface area (Å²) in [6, 6.07) is 37.4. The summed E-state index contributed by atoms with van der Waals surface area (Å²) < 4.78 is 7.28. The molecule has 7 rings (SSSR count). The van der Waals surface area contributed by atoms with Gasteiger partial charge >= 0.3 is 0 Å². The Morgan fingerprint density at radius 2 is 1.09 bits per heavy atom. The van der Waals surface area contributed by atoms with Crippen LogP contribution in [0.3, 0.4) is 0 Å². The highest BCUT2D eigenvalue weighted by molar-refractivity contribution is 7.31. The summed E-state index contributed by atoms with van der Waals surface area (Å²) in [6.45, 7) is 4.53. The van der Waals surface area contributed by atoms with Gasteiger partial charge in [0.1, 0.15) is 4.88 Å². The van der Waals surface area contributed by atoms with Crippen LogP contribution in [0.25, 0.3) is 41.6 Å². The average Bonchev–Trinajstić information content (AvgIpc) is 3.85. The first-order valence-electron chi connectivity index (χ1n) is 19.3. The number of unbranched alkanes of at least 4 members (excludes halogenated alkanes) is 6. The molecule has 0 aliphatic heterocycles. The fourth-order valence-electron chi connectivity index (χ4n) is 7.22. The quantitative estimate of drug-likeness (QED) is 0.0673. The SMILES string of the molecule is CCCCCCc1ccc(C#Cc2ccc(C#Cc3ccc(CCCCCC)cc3)c3c2n(C)c(-c2cc4sc(-c5ccccc5)cc4s2)[n+]3C)cc1. The lowest BCUT2D eigenvalue weighted by atomic mass is 10.0. The molecule has 3 aromatic heterocycles. The van der Waals surface area contributed by atoms with Crippen LogP contribution in [0.15, 0.2) is 103 Å². The van der Waals surface area contributed by atoms with Crippen molar-refractivity contribution in [1.29, 1.82) is 0 Å². The smallest absolute Gasteiger partial charge is 0.224 e. The van der Waals surface area contributed by atoms with Gasteiger partial charge in [0.25, 0.3) is 5.82 Å². The average molecular weight is 730 g/mol. The number of imidazole rings is 1.